The number of likely N-dealkylation sites (tertiary alicyclic amines) is 1. The summed E-state index contributed by atoms with van der Waals surface area (Å²) in [7, 11) is 0. The number of hydrogen-bond donors (Lipinski definition) is 0. The van der Waals surface area contributed by atoms with Gasteiger partial charge in [-0.05, 0) is 63.0 Å². The molecule has 0 spiro atoms. The lowest BCUT2D eigenvalue weighted by Crippen LogP contribution is -2.50. The van der Waals surface area contributed by atoms with E-state index in [2.05, 4.69) is 39.0 Å². The maximum atomic E-state index is 6.27. The number of piperidine rings is 1. The molecule has 1 aliphatic carbocycles. The third-order valence-corrected chi connectivity index (χ3v) is 7.40. The van der Waals surface area contributed by atoms with Gasteiger partial charge >= 0.3 is 0 Å². The van der Waals surface area contributed by atoms with E-state index in [9.17, 15) is 0 Å². The van der Waals surface area contributed by atoms with Crippen LogP contribution in [0.25, 0.3) is 0 Å². The van der Waals surface area contributed by atoms with E-state index in [0.717, 1.165) is 38.1 Å². The molecule has 3 aliphatic heterocycles. The largest absolute Gasteiger partial charge is 0.490 e. The summed E-state index contributed by atoms with van der Waals surface area (Å²) in [5, 5.41) is 0. The number of ether oxygens (including phenoxy) is 2. The Morgan fingerprint density at radius 2 is 1.62 bits per heavy atom. The maximum Gasteiger partial charge on any atom is 0.119 e. The zero-order valence-corrected chi connectivity index (χ0v) is 17.8. The molecule has 4 fully saturated rings. The molecule has 0 radical (unpaired) electrons. The fourth-order valence-electron chi connectivity index (χ4n) is 5.57. The van der Waals surface area contributed by atoms with Crippen LogP contribution in [0.3, 0.4) is 0 Å². The highest BCUT2D eigenvalue weighted by atomic mass is 16.5. The Hall–Kier alpha value is -1.30. The lowest BCUT2D eigenvalue weighted by Gasteiger charge is -2.44. The van der Waals surface area contributed by atoms with Gasteiger partial charge in [0.2, 0.25) is 0 Å². The summed E-state index contributed by atoms with van der Waals surface area (Å²) < 4.78 is 11.8. The Balaban J connectivity index is 1.11. The summed E-state index contributed by atoms with van der Waals surface area (Å²) in [5.41, 5.74) is 1.35. The highest BCUT2D eigenvalue weighted by Gasteiger charge is 2.35. The molecule has 29 heavy (non-hydrogen) atoms. The highest BCUT2D eigenvalue weighted by Crippen LogP contribution is 2.33. The topological polar surface area (TPSA) is 28.2 Å². The van der Waals surface area contributed by atoms with Gasteiger partial charge in [-0.15, -0.1) is 0 Å². The van der Waals surface area contributed by atoms with Crippen molar-refractivity contribution < 1.29 is 9.47 Å². The van der Waals surface area contributed by atoms with Crippen molar-refractivity contribution in [1.29, 1.82) is 0 Å². The Labute approximate surface area is 175 Å². The number of anilines is 1. The molecule has 5 heteroatoms. The van der Waals surface area contributed by atoms with Crippen molar-refractivity contribution in [3.8, 4) is 5.75 Å². The summed E-state index contributed by atoms with van der Waals surface area (Å²) in [6, 6.07) is 10.3. The molecule has 1 atom stereocenters. The standard InChI is InChI=1S/C24H37N3O2/c1-2-10-26(11-3-1)22-17-24(18-22)29-23-8-6-20(7-9-23)27-12-4-5-21(27)19-25-13-15-28-16-14-25/h6-9,21-22,24H,1-5,10-19H2/t21-,22-,24-/m0/s1. The quantitative estimate of drug-likeness (QED) is 0.731. The van der Waals surface area contributed by atoms with Crippen LogP contribution < -0.4 is 9.64 Å². The van der Waals surface area contributed by atoms with Gasteiger partial charge in [-0.2, -0.15) is 0 Å². The van der Waals surface area contributed by atoms with Gasteiger partial charge in [-0.25, -0.2) is 0 Å². The number of morpholine rings is 1. The fourth-order valence-corrected chi connectivity index (χ4v) is 5.57. The van der Waals surface area contributed by atoms with Gasteiger partial charge in [-0.1, -0.05) is 6.42 Å². The minimum absolute atomic E-state index is 0.411. The molecule has 1 aromatic rings. The first-order chi connectivity index (χ1) is 14.3. The van der Waals surface area contributed by atoms with E-state index >= 15 is 0 Å². The van der Waals surface area contributed by atoms with Gasteiger partial charge in [0, 0.05) is 56.8 Å². The Morgan fingerprint density at radius 1 is 0.862 bits per heavy atom. The highest BCUT2D eigenvalue weighted by molar-refractivity contribution is 5.51. The molecule has 160 valence electrons. The minimum atomic E-state index is 0.411. The van der Waals surface area contributed by atoms with Crippen molar-refractivity contribution >= 4 is 5.69 Å². The molecule has 5 nitrogen and oxygen atoms in total. The van der Waals surface area contributed by atoms with Crippen LogP contribution in [0.5, 0.6) is 5.75 Å². The van der Waals surface area contributed by atoms with E-state index in [1.54, 1.807) is 0 Å². The average molecular weight is 400 g/mol. The van der Waals surface area contributed by atoms with Crippen LogP contribution in [-0.4, -0.2) is 80.5 Å². The van der Waals surface area contributed by atoms with Crippen LogP contribution in [0.4, 0.5) is 5.69 Å². The number of nitrogens with zero attached hydrogens (tertiary/aromatic N) is 3. The molecule has 0 unspecified atom stereocenters. The molecule has 5 rings (SSSR count). The van der Waals surface area contributed by atoms with E-state index < -0.39 is 0 Å². The lowest BCUT2D eigenvalue weighted by molar-refractivity contribution is 0.00892. The molecule has 0 N–H and O–H groups in total. The Kier molecular flexibility index (Phi) is 6.26. The van der Waals surface area contributed by atoms with Gasteiger partial charge in [0.25, 0.3) is 0 Å². The molecule has 0 bridgehead atoms. The summed E-state index contributed by atoms with van der Waals surface area (Å²) in [4.78, 5) is 7.86. The van der Waals surface area contributed by atoms with Crippen molar-refractivity contribution in [2.75, 3.05) is 57.4 Å². The molecule has 4 aliphatic rings. The molecule has 1 saturated carbocycles. The number of benzene rings is 1. The second kappa shape index (κ2) is 9.23. The van der Waals surface area contributed by atoms with E-state index in [-0.39, 0.29) is 0 Å². The number of hydrogen-bond acceptors (Lipinski definition) is 5. The third-order valence-electron chi connectivity index (χ3n) is 7.40. The zero-order chi connectivity index (χ0) is 19.5. The summed E-state index contributed by atoms with van der Waals surface area (Å²) in [6.45, 7) is 8.88. The van der Waals surface area contributed by atoms with E-state index in [0.29, 0.717) is 12.1 Å². The zero-order valence-electron chi connectivity index (χ0n) is 17.8. The van der Waals surface area contributed by atoms with Crippen molar-refractivity contribution in [3.05, 3.63) is 24.3 Å². The number of rotatable bonds is 6. The first-order valence-corrected chi connectivity index (χ1v) is 11.9. The monoisotopic (exact) mass is 399 g/mol. The summed E-state index contributed by atoms with van der Waals surface area (Å²) in [5.74, 6) is 1.04. The van der Waals surface area contributed by atoms with Crippen molar-refractivity contribution in [1.82, 2.24) is 9.80 Å². The van der Waals surface area contributed by atoms with Crippen molar-refractivity contribution in [3.63, 3.8) is 0 Å². The van der Waals surface area contributed by atoms with E-state index in [1.807, 2.05) is 0 Å². The van der Waals surface area contributed by atoms with Crippen molar-refractivity contribution in [2.24, 2.45) is 0 Å². The lowest BCUT2D eigenvalue weighted by atomic mass is 9.86. The van der Waals surface area contributed by atoms with Gasteiger partial charge < -0.3 is 19.3 Å². The Bertz CT molecular complexity index is 634. The van der Waals surface area contributed by atoms with Crippen LogP contribution in [0, 0.1) is 0 Å². The molecular weight excluding hydrogens is 362 g/mol. The molecule has 3 heterocycles. The molecule has 0 amide bonds. The van der Waals surface area contributed by atoms with Crippen molar-refractivity contribution in [2.45, 2.75) is 63.1 Å². The SMILES string of the molecule is c1cc(N2CCC[C@H]2CN2CCOCC2)ccc1O[C@H]1C[C@H](N2CCCCC2)C1. The minimum Gasteiger partial charge on any atom is -0.490 e. The van der Waals surface area contributed by atoms with Crippen LogP contribution in [0.2, 0.25) is 0 Å². The first-order valence-electron chi connectivity index (χ1n) is 11.9. The second-order valence-corrected chi connectivity index (χ2v) is 9.36. The van der Waals surface area contributed by atoms with E-state index in [1.165, 1.54) is 76.8 Å². The van der Waals surface area contributed by atoms with Gasteiger partial charge in [0.05, 0.1) is 13.2 Å². The van der Waals surface area contributed by atoms with Gasteiger partial charge in [-0.3, -0.25) is 4.90 Å². The van der Waals surface area contributed by atoms with Crippen LogP contribution >= 0.6 is 0 Å². The fraction of sp³-hybridized carbons (Fsp3) is 0.750. The predicted molar refractivity (Wildman–Crippen MR) is 117 cm³/mol. The Morgan fingerprint density at radius 3 is 2.38 bits per heavy atom. The molecule has 3 saturated heterocycles. The molecule has 0 aromatic heterocycles. The normalized spacial score (nSPS) is 31.6. The summed E-state index contributed by atoms with van der Waals surface area (Å²) >= 11 is 0. The van der Waals surface area contributed by atoms with Gasteiger partial charge in [0.1, 0.15) is 11.9 Å². The second-order valence-electron chi connectivity index (χ2n) is 9.36. The predicted octanol–water partition coefficient (Wildman–Crippen LogP) is 3.38. The smallest absolute Gasteiger partial charge is 0.119 e. The van der Waals surface area contributed by atoms with Gasteiger partial charge in [0.15, 0.2) is 0 Å². The van der Waals surface area contributed by atoms with Crippen LogP contribution in [0.1, 0.15) is 44.9 Å². The van der Waals surface area contributed by atoms with Crippen LogP contribution in [0.15, 0.2) is 24.3 Å². The summed E-state index contributed by atoms with van der Waals surface area (Å²) in [6.07, 6.45) is 9.60. The van der Waals surface area contributed by atoms with Crippen LogP contribution in [-0.2, 0) is 4.74 Å². The van der Waals surface area contributed by atoms with E-state index in [4.69, 9.17) is 9.47 Å². The first kappa shape index (κ1) is 19.7. The molecular formula is C24H37N3O2. The average Bonchev–Trinajstić information content (AvgIpc) is 3.20. The third kappa shape index (κ3) is 4.73. The maximum absolute atomic E-state index is 6.27. The molecule has 1 aromatic carbocycles.